The number of amides is 4. The van der Waals surface area contributed by atoms with E-state index in [1.54, 1.807) is 12.3 Å². The first-order valence-corrected chi connectivity index (χ1v) is 16.2. The van der Waals surface area contributed by atoms with Gasteiger partial charge in [-0.2, -0.15) is 0 Å². The van der Waals surface area contributed by atoms with Gasteiger partial charge in [0.05, 0.1) is 11.3 Å². The fourth-order valence-corrected chi connectivity index (χ4v) is 4.25. The molecule has 0 fully saturated rings. The third-order valence-corrected chi connectivity index (χ3v) is 7.00. The molecule has 0 saturated heterocycles. The van der Waals surface area contributed by atoms with Crippen LogP contribution in [0.2, 0.25) is 0 Å². The molecule has 4 rings (SSSR count). The van der Waals surface area contributed by atoms with Crippen LogP contribution in [0.25, 0.3) is 22.4 Å². The van der Waals surface area contributed by atoms with Crippen molar-refractivity contribution >= 4 is 35.0 Å². The van der Waals surface area contributed by atoms with Gasteiger partial charge in [0, 0.05) is 52.6 Å². The number of aromatic nitrogens is 1. The number of benzene rings is 3. The topological polar surface area (TPSA) is 129 Å². The Balaban J connectivity index is 0.000000260. The van der Waals surface area contributed by atoms with Crippen LogP contribution in [0.3, 0.4) is 0 Å². The summed E-state index contributed by atoms with van der Waals surface area (Å²) in [6.07, 6.45) is 1.57. The smallest absolute Gasteiger partial charge is 0.253 e. The fourth-order valence-electron chi connectivity index (χ4n) is 4.25. The highest BCUT2D eigenvalue weighted by Crippen LogP contribution is 2.23. The molecule has 0 radical (unpaired) electrons. The minimum absolute atomic E-state index is 0.00303. The summed E-state index contributed by atoms with van der Waals surface area (Å²) in [5, 5.41) is 11.4. The lowest BCUT2D eigenvalue weighted by Gasteiger charge is -2.10. The Morgan fingerprint density at radius 1 is 0.479 bits per heavy atom. The van der Waals surface area contributed by atoms with Crippen molar-refractivity contribution in [2.75, 3.05) is 10.6 Å². The number of hydrogen-bond acceptors (Lipinski definition) is 5. The lowest BCUT2D eigenvalue weighted by atomic mass is 10.0. The van der Waals surface area contributed by atoms with E-state index in [9.17, 15) is 19.2 Å². The minimum Gasteiger partial charge on any atom is -0.350 e. The van der Waals surface area contributed by atoms with Crippen LogP contribution < -0.4 is 21.3 Å². The molecule has 0 aliphatic carbocycles. The van der Waals surface area contributed by atoms with Crippen molar-refractivity contribution in [2.24, 2.45) is 11.8 Å². The molecule has 4 amide bonds. The van der Waals surface area contributed by atoms with E-state index in [0.717, 1.165) is 33.8 Å². The first kappa shape index (κ1) is 37.2. The average Bonchev–Trinajstić information content (AvgIpc) is 3.05. The van der Waals surface area contributed by atoms with E-state index >= 15 is 0 Å². The summed E-state index contributed by atoms with van der Waals surface area (Å²) in [4.78, 5) is 51.6. The van der Waals surface area contributed by atoms with Gasteiger partial charge in [0.25, 0.3) is 11.8 Å². The maximum atomic E-state index is 12.0. The van der Waals surface area contributed by atoms with Crippen LogP contribution in [0.1, 0.15) is 76.1 Å². The van der Waals surface area contributed by atoms with Crippen LogP contribution in [0.4, 0.5) is 11.4 Å². The average molecular weight is 650 g/mol. The molecule has 0 bridgehead atoms. The van der Waals surface area contributed by atoms with Gasteiger partial charge in [0.1, 0.15) is 0 Å². The van der Waals surface area contributed by atoms with Crippen molar-refractivity contribution < 1.29 is 19.2 Å². The predicted octanol–water partition coefficient (Wildman–Crippen LogP) is 7.57. The molecule has 9 nitrogen and oxygen atoms in total. The van der Waals surface area contributed by atoms with Crippen molar-refractivity contribution in [3.8, 4) is 22.4 Å². The molecule has 48 heavy (non-hydrogen) atoms. The van der Waals surface area contributed by atoms with Crippen molar-refractivity contribution in [2.45, 2.75) is 67.5 Å². The zero-order chi connectivity index (χ0) is 35.4. The molecule has 3 aromatic carbocycles. The van der Waals surface area contributed by atoms with E-state index in [1.165, 1.54) is 0 Å². The molecule has 4 aromatic rings. The van der Waals surface area contributed by atoms with Gasteiger partial charge in [0.2, 0.25) is 11.8 Å². The number of hydrogen-bond donors (Lipinski definition) is 4. The SMILES string of the molecule is CC(C)NC(=O)c1ccc(-c2ccc(NC(=O)C(C)C)cc2)cc1.CC(C)NC(=O)c1ccc(-c2ccc(NC(=O)C(C)C)cc2)nc1. The predicted molar refractivity (Wildman–Crippen MR) is 194 cm³/mol. The second kappa shape index (κ2) is 17.6. The minimum atomic E-state index is -0.129. The number of nitrogens with zero attached hydrogens (tertiary/aromatic N) is 1. The van der Waals surface area contributed by atoms with Crippen molar-refractivity contribution in [1.82, 2.24) is 15.6 Å². The first-order chi connectivity index (χ1) is 22.7. The Morgan fingerprint density at radius 3 is 1.23 bits per heavy atom. The summed E-state index contributed by atoms with van der Waals surface area (Å²) >= 11 is 0. The largest absolute Gasteiger partial charge is 0.350 e. The van der Waals surface area contributed by atoms with Gasteiger partial charge in [-0.1, -0.05) is 64.1 Å². The van der Waals surface area contributed by atoms with Gasteiger partial charge >= 0.3 is 0 Å². The molecular formula is C39H47N5O4. The second-order valence-electron chi connectivity index (χ2n) is 12.7. The Labute approximate surface area is 284 Å². The molecule has 0 spiro atoms. The molecule has 0 atom stereocenters. The van der Waals surface area contributed by atoms with Crippen LogP contribution in [0.5, 0.6) is 0 Å². The van der Waals surface area contributed by atoms with Gasteiger partial charge < -0.3 is 21.3 Å². The van der Waals surface area contributed by atoms with Gasteiger partial charge in [-0.05, 0) is 87.4 Å². The van der Waals surface area contributed by atoms with E-state index in [-0.39, 0.29) is 47.5 Å². The van der Waals surface area contributed by atoms with Crippen molar-refractivity contribution in [3.05, 3.63) is 102 Å². The Kier molecular flexibility index (Phi) is 13.6. The summed E-state index contributed by atoms with van der Waals surface area (Å²) in [5.41, 5.74) is 6.48. The number of anilines is 2. The van der Waals surface area contributed by atoms with Crippen LogP contribution >= 0.6 is 0 Å². The standard InChI is InChI=1S/C20H24N2O2.C19H23N3O2/c1-13(2)19(23)22-18-11-9-16(10-12-18)15-5-7-17(8-6-15)20(24)21-14(3)4;1-12(2)18(23)22-16-8-5-14(6-9-16)17-10-7-15(11-20-17)19(24)21-13(3)4/h5-14H,1-4H3,(H,21,24)(H,22,23);5-13H,1-4H3,(H,21,24)(H,22,23). The third kappa shape index (κ3) is 11.5. The molecule has 0 aliphatic heterocycles. The number of nitrogens with one attached hydrogen (secondary N) is 4. The van der Waals surface area contributed by atoms with Gasteiger partial charge in [-0.25, -0.2) is 0 Å². The number of carbonyl (C=O) groups excluding carboxylic acids is 4. The molecule has 252 valence electrons. The van der Waals surface area contributed by atoms with Crippen LogP contribution in [0, 0.1) is 11.8 Å². The van der Waals surface area contributed by atoms with E-state index in [0.29, 0.717) is 11.1 Å². The first-order valence-electron chi connectivity index (χ1n) is 16.2. The molecule has 9 heteroatoms. The summed E-state index contributed by atoms with van der Waals surface area (Å²) in [5.74, 6) is -0.311. The number of rotatable bonds is 10. The maximum absolute atomic E-state index is 12.0. The third-order valence-electron chi connectivity index (χ3n) is 7.00. The molecule has 1 heterocycles. The molecular weight excluding hydrogens is 602 g/mol. The summed E-state index contributed by atoms with van der Waals surface area (Å²) < 4.78 is 0. The van der Waals surface area contributed by atoms with Crippen molar-refractivity contribution in [1.29, 1.82) is 0 Å². The molecule has 1 aromatic heterocycles. The second-order valence-corrected chi connectivity index (χ2v) is 12.7. The Hall–Kier alpha value is -5.31. The van der Waals surface area contributed by atoms with E-state index in [4.69, 9.17) is 0 Å². The van der Waals surface area contributed by atoms with Gasteiger partial charge in [0.15, 0.2) is 0 Å². The van der Waals surface area contributed by atoms with Crippen LogP contribution in [0.15, 0.2) is 91.1 Å². The van der Waals surface area contributed by atoms with Crippen LogP contribution in [-0.4, -0.2) is 40.7 Å². The summed E-state index contributed by atoms with van der Waals surface area (Å²) in [7, 11) is 0. The highest BCUT2D eigenvalue weighted by atomic mass is 16.2. The Morgan fingerprint density at radius 2 is 0.854 bits per heavy atom. The molecule has 0 aliphatic rings. The maximum Gasteiger partial charge on any atom is 0.253 e. The highest BCUT2D eigenvalue weighted by Gasteiger charge is 2.11. The summed E-state index contributed by atoms with van der Waals surface area (Å²) in [6.45, 7) is 15.1. The monoisotopic (exact) mass is 649 g/mol. The Bertz CT molecular complexity index is 1530. The number of carbonyl (C=O) groups is 4. The normalized spacial score (nSPS) is 10.8. The van der Waals surface area contributed by atoms with Gasteiger partial charge in [-0.3, -0.25) is 24.2 Å². The fraction of sp³-hybridized carbons (Fsp3) is 0.308. The number of pyridine rings is 1. The van der Waals surface area contributed by atoms with E-state index in [2.05, 4.69) is 26.3 Å². The highest BCUT2D eigenvalue weighted by molar-refractivity contribution is 5.96. The zero-order valence-corrected chi connectivity index (χ0v) is 29.0. The molecule has 0 saturated carbocycles. The van der Waals surface area contributed by atoms with Gasteiger partial charge in [-0.15, -0.1) is 0 Å². The lowest BCUT2D eigenvalue weighted by Crippen LogP contribution is -2.30. The lowest BCUT2D eigenvalue weighted by molar-refractivity contribution is -0.119. The van der Waals surface area contributed by atoms with Crippen LogP contribution in [-0.2, 0) is 9.59 Å². The quantitative estimate of drug-likeness (QED) is 0.141. The molecule has 0 unspecified atom stereocenters. The van der Waals surface area contributed by atoms with E-state index < -0.39 is 0 Å². The molecule has 4 N–H and O–H groups in total. The zero-order valence-electron chi connectivity index (χ0n) is 29.0. The van der Waals surface area contributed by atoms with E-state index in [1.807, 2.05) is 134 Å². The van der Waals surface area contributed by atoms with Crippen molar-refractivity contribution in [3.63, 3.8) is 0 Å². The summed E-state index contributed by atoms with van der Waals surface area (Å²) in [6, 6.07) is 26.4.